The number of rotatable bonds is 7. The molecule has 1 atom stereocenters. The van der Waals surface area contributed by atoms with Gasteiger partial charge in [0.25, 0.3) is 0 Å². The van der Waals surface area contributed by atoms with Crippen molar-refractivity contribution in [3.8, 4) is 0 Å². The van der Waals surface area contributed by atoms with Crippen LogP contribution in [-0.2, 0) is 11.3 Å². The fourth-order valence-corrected chi connectivity index (χ4v) is 2.57. The summed E-state index contributed by atoms with van der Waals surface area (Å²) in [6.07, 6.45) is 0. The van der Waals surface area contributed by atoms with E-state index in [4.69, 9.17) is 0 Å². The number of thioether (sulfide) groups is 1. The summed E-state index contributed by atoms with van der Waals surface area (Å²) in [5.74, 6) is -1.95. The number of hydrogen-bond acceptors (Lipinski definition) is 6. The van der Waals surface area contributed by atoms with Gasteiger partial charge in [-0.25, -0.2) is 13.5 Å². The second-order valence-electron chi connectivity index (χ2n) is 5.36. The third-order valence-corrected chi connectivity index (χ3v) is 4.17. The van der Waals surface area contributed by atoms with Gasteiger partial charge in [-0.2, -0.15) is 0 Å². The second-order valence-corrected chi connectivity index (χ2v) is 6.67. The second kappa shape index (κ2) is 8.15. The Kier molecular flexibility index (Phi) is 6.21. The minimum atomic E-state index is -0.823. The average molecular weight is 356 g/mol. The highest BCUT2D eigenvalue weighted by molar-refractivity contribution is 8.00. The van der Waals surface area contributed by atoms with E-state index in [9.17, 15) is 13.6 Å². The molecule has 1 N–H and O–H groups in total. The van der Waals surface area contributed by atoms with Gasteiger partial charge in [0.2, 0.25) is 11.1 Å². The molecule has 130 valence electrons. The van der Waals surface area contributed by atoms with Crippen LogP contribution in [0.25, 0.3) is 0 Å². The van der Waals surface area contributed by atoms with Crippen LogP contribution in [-0.4, -0.2) is 56.9 Å². The largest absolute Gasteiger partial charge is 0.323 e. The molecule has 1 aromatic carbocycles. The molecule has 0 fully saturated rings. The van der Waals surface area contributed by atoms with Gasteiger partial charge in [-0.15, -0.1) is 5.10 Å². The minimum Gasteiger partial charge on any atom is -0.323 e. The summed E-state index contributed by atoms with van der Waals surface area (Å²) in [5, 5.41) is 13.8. The van der Waals surface area contributed by atoms with Gasteiger partial charge in [-0.1, -0.05) is 11.8 Å². The Bertz CT molecular complexity index is 708. The fraction of sp³-hybridized carbons (Fsp3) is 0.429. The number of aromatic nitrogens is 4. The first-order chi connectivity index (χ1) is 11.4. The van der Waals surface area contributed by atoms with Crippen LogP contribution >= 0.6 is 11.8 Å². The Labute approximate surface area is 142 Å². The van der Waals surface area contributed by atoms with Crippen LogP contribution in [0.2, 0.25) is 0 Å². The summed E-state index contributed by atoms with van der Waals surface area (Å²) < 4.78 is 28.1. The van der Waals surface area contributed by atoms with Crippen molar-refractivity contribution in [1.82, 2.24) is 25.1 Å². The molecule has 24 heavy (non-hydrogen) atoms. The van der Waals surface area contributed by atoms with Crippen LogP contribution in [0.15, 0.2) is 23.4 Å². The maximum atomic E-state index is 13.6. The number of benzene rings is 1. The quantitative estimate of drug-likeness (QED) is 0.760. The van der Waals surface area contributed by atoms with Crippen LogP contribution in [0.3, 0.4) is 0 Å². The van der Waals surface area contributed by atoms with Gasteiger partial charge in [0.1, 0.15) is 11.6 Å². The van der Waals surface area contributed by atoms with Crippen molar-refractivity contribution < 1.29 is 13.6 Å². The minimum absolute atomic E-state index is 0.0685. The lowest BCUT2D eigenvalue weighted by molar-refractivity contribution is -0.115. The number of nitrogens with zero attached hydrogens (tertiary/aromatic N) is 5. The van der Waals surface area contributed by atoms with Crippen LogP contribution in [0.1, 0.15) is 6.92 Å². The maximum Gasteiger partial charge on any atom is 0.237 e. The lowest BCUT2D eigenvalue weighted by Crippen LogP contribution is -2.24. The molecule has 0 aliphatic rings. The smallest absolute Gasteiger partial charge is 0.237 e. The van der Waals surface area contributed by atoms with Crippen LogP contribution in [0, 0.1) is 11.6 Å². The topological polar surface area (TPSA) is 75.9 Å². The van der Waals surface area contributed by atoms with Gasteiger partial charge in [0, 0.05) is 12.6 Å². The Morgan fingerprint density at radius 3 is 2.83 bits per heavy atom. The van der Waals surface area contributed by atoms with E-state index in [0.29, 0.717) is 11.7 Å². The molecule has 0 saturated carbocycles. The van der Waals surface area contributed by atoms with Crippen LogP contribution < -0.4 is 5.32 Å². The maximum absolute atomic E-state index is 13.6. The first kappa shape index (κ1) is 18.3. The molecule has 10 heteroatoms. The zero-order chi connectivity index (χ0) is 17.7. The summed E-state index contributed by atoms with van der Waals surface area (Å²) in [4.78, 5) is 14.2. The molecule has 0 radical (unpaired) electrons. The number of likely N-dealkylation sites (N-methyl/N-ethyl adjacent to an activating group) is 1. The molecule has 7 nitrogen and oxygen atoms in total. The van der Waals surface area contributed by atoms with Crippen molar-refractivity contribution in [3.05, 3.63) is 29.8 Å². The number of hydrogen-bond donors (Lipinski definition) is 1. The van der Waals surface area contributed by atoms with E-state index in [1.807, 2.05) is 19.0 Å². The molecule has 0 aliphatic carbocycles. The van der Waals surface area contributed by atoms with Crippen molar-refractivity contribution in [3.63, 3.8) is 0 Å². The standard InChI is InChI=1S/C14H18F2N6OS/c1-9(13(23)17-12-5-4-10(15)8-11(12)16)24-14-18-19-20-22(14)7-6-21(2)3/h4-5,8-9H,6-7H2,1-3H3,(H,17,23). The number of halogens is 2. The normalized spacial score (nSPS) is 12.4. The fourth-order valence-electron chi connectivity index (χ4n) is 1.75. The molecule has 2 aromatic rings. The summed E-state index contributed by atoms with van der Waals surface area (Å²) in [5.41, 5.74) is -0.0685. The molecule has 0 aliphatic heterocycles. The van der Waals surface area contributed by atoms with Gasteiger partial charge < -0.3 is 10.2 Å². The van der Waals surface area contributed by atoms with E-state index in [2.05, 4.69) is 20.8 Å². The molecule has 1 unspecified atom stereocenters. The predicted molar refractivity (Wildman–Crippen MR) is 86.7 cm³/mol. The number of nitrogens with one attached hydrogen (secondary N) is 1. The highest BCUT2D eigenvalue weighted by Gasteiger charge is 2.20. The zero-order valence-electron chi connectivity index (χ0n) is 13.5. The van der Waals surface area contributed by atoms with E-state index in [1.165, 1.54) is 6.07 Å². The van der Waals surface area contributed by atoms with Crippen molar-refractivity contribution in [2.75, 3.05) is 26.0 Å². The van der Waals surface area contributed by atoms with Crippen molar-refractivity contribution in [2.45, 2.75) is 23.9 Å². The summed E-state index contributed by atoms with van der Waals surface area (Å²) in [6.45, 7) is 3.00. The summed E-state index contributed by atoms with van der Waals surface area (Å²) >= 11 is 1.16. The van der Waals surface area contributed by atoms with E-state index in [1.54, 1.807) is 11.6 Å². The molecule has 2 rings (SSSR count). The number of carbonyl (C=O) groups excluding carboxylic acids is 1. The first-order valence-corrected chi connectivity index (χ1v) is 8.08. The van der Waals surface area contributed by atoms with E-state index >= 15 is 0 Å². The summed E-state index contributed by atoms with van der Waals surface area (Å²) in [6, 6.07) is 2.98. The Balaban J connectivity index is 1.98. The van der Waals surface area contributed by atoms with Crippen molar-refractivity contribution >= 4 is 23.4 Å². The third kappa shape index (κ3) is 4.96. The van der Waals surface area contributed by atoms with Gasteiger partial charge in [0.15, 0.2) is 0 Å². The van der Waals surface area contributed by atoms with Crippen LogP contribution in [0.4, 0.5) is 14.5 Å². The zero-order valence-corrected chi connectivity index (χ0v) is 14.3. The number of anilines is 1. The monoisotopic (exact) mass is 356 g/mol. The summed E-state index contributed by atoms with van der Waals surface area (Å²) in [7, 11) is 3.87. The predicted octanol–water partition coefficient (Wildman–Crippen LogP) is 1.63. The third-order valence-electron chi connectivity index (χ3n) is 3.10. The van der Waals surface area contributed by atoms with Crippen LogP contribution in [0.5, 0.6) is 0 Å². The van der Waals surface area contributed by atoms with E-state index in [-0.39, 0.29) is 5.69 Å². The van der Waals surface area contributed by atoms with Crippen molar-refractivity contribution in [2.24, 2.45) is 0 Å². The molecule has 0 saturated heterocycles. The van der Waals surface area contributed by atoms with Gasteiger partial charge in [-0.05, 0) is 43.6 Å². The molecule has 0 bridgehead atoms. The van der Waals surface area contributed by atoms with Gasteiger partial charge in [0.05, 0.1) is 17.5 Å². The molecular formula is C14H18F2N6OS. The van der Waals surface area contributed by atoms with E-state index in [0.717, 1.165) is 30.4 Å². The molecule has 1 amide bonds. The number of tetrazole rings is 1. The Hall–Kier alpha value is -2.07. The highest BCUT2D eigenvalue weighted by atomic mass is 32.2. The average Bonchev–Trinajstić information content (AvgIpc) is 2.95. The molecular weight excluding hydrogens is 338 g/mol. The number of amides is 1. The SMILES string of the molecule is CC(Sc1nnnn1CCN(C)C)C(=O)Nc1ccc(F)cc1F. The molecule has 1 heterocycles. The number of carbonyl (C=O) groups is 1. The van der Waals surface area contributed by atoms with Gasteiger partial charge in [-0.3, -0.25) is 4.79 Å². The van der Waals surface area contributed by atoms with Gasteiger partial charge >= 0.3 is 0 Å². The molecule has 1 aromatic heterocycles. The first-order valence-electron chi connectivity index (χ1n) is 7.20. The Morgan fingerprint density at radius 2 is 2.17 bits per heavy atom. The lowest BCUT2D eigenvalue weighted by atomic mass is 10.3. The Morgan fingerprint density at radius 1 is 1.42 bits per heavy atom. The van der Waals surface area contributed by atoms with Crippen molar-refractivity contribution in [1.29, 1.82) is 0 Å². The van der Waals surface area contributed by atoms with E-state index < -0.39 is 22.8 Å². The molecule has 0 spiro atoms. The lowest BCUT2D eigenvalue weighted by Gasteiger charge is -2.13. The highest BCUT2D eigenvalue weighted by Crippen LogP contribution is 2.22.